The van der Waals surface area contributed by atoms with Crippen LogP contribution in [0.5, 0.6) is 0 Å². The van der Waals surface area contributed by atoms with Crippen molar-refractivity contribution in [2.75, 3.05) is 0 Å². The highest BCUT2D eigenvalue weighted by molar-refractivity contribution is 6.19. The van der Waals surface area contributed by atoms with Crippen LogP contribution in [0.3, 0.4) is 0 Å². The summed E-state index contributed by atoms with van der Waals surface area (Å²) in [5.41, 5.74) is 11.6. The number of para-hydroxylation sites is 2. The molecule has 1 aliphatic carbocycles. The van der Waals surface area contributed by atoms with E-state index >= 15 is 4.39 Å². The lowest BCUT2D eigenvalue weighted by molar-refractivity contribution is 0.403. The first kappa shape index (κ1) is 34.3. The predicted molar refractivity (Wildman–Crippen MR) is 235 cm³/mol. The molecule has 0 saturated heterocycles. The molecule has 0 radical (unpaired) electrons. The van der Waals surface area contributed by atoms with Crippen LogP contribution >= 0.6 is 0 Å². The van der Waals surface area contributed by atoms with Gasteiger partial charge in [-0.2, -0.15) is 9.97 Å². The largest absolute Gasteiger partial charge is 0.309 e. The monoisotopic (exact) mass is 753 g/mol. The van der Waals surface area contributed by atoms with E-state index in [0.717, 1.165) is 61.6 Å². The second kappa shape index (κ2) is 12.5. The van der Waals surface area contributed by atoms with Gasteiger partial charge < -0.3 is 4.57 Å². The number of halogens is 1. The average molecular weight is 754 g/mol. The molecule has 7 aromatic carbocycles. The van der Waals surface area contributed by atoms with E-state index in [4.69, 9.17) is 15.0 Å². The number of hydrogen-bond donors (Lipinski definition) is 0. The topological polar surface area (TPSA) is 48.5 Å². The Labute approximate surface area is 336 Å². The van der Waals surface area contributed by atoms with E-state index in [1.165, 1.54) is 28.0 Å². The molecule has 0 N–H and O–H groups in total. The molecule has 11 rings (SSSR count). The molecule has 0 aliphatic heterocycles. The molecule has 280 valence electrons. The maximum atomic E-state index is 15.6. The average Bonchev–Trinajstić information content (AvgIpc) is 3.81. The number of benzene rings is 7. The lowest BCUT2D eigenvalue weighted by atomic mass is 9.82. The van der Waals surface area contributed by atoms with Crippen molar-refractivity contribution in [2.24, 2.45) is 0 Å². The van der Waals surface area contributed by atoms with Gasteiger partial charge in [0, 0.05) is 32.8 Å². The summed E-state index contributed by atoms with van der Waals surface area (Å²) in [5.74, 6) is 0.771. The number of hydrogen-bond acceptors (Lipinski definition) is 3. The summed E-state index contributed by atoms with van der Waals surface area (Å²) < 4.78 is 20.1. The third kappa shape index (κ3) is 5.24. The van der Waals surface area contributed by atoms with Crippen LogP contribution in [-0.2, 0) is 10.8 Å². The lowest BCUT2D eigenvalue weighted by Gasteiger charge is -2.22. The van der Waals surface area contributed by atoms with Crippen LogP contribution in [0, 0.1) is 5.82 Å². The number of nitrogens with zero attached hydrogens (tertiary/aromatic N) is 5. The molecule has 0 spiro atoms. The third-order valence-corrected chi connectivity index (χ3v) is 12.3. The van der Waals surface area contributed by atoms with Crippen LogP contribution in [-0.4, -0.2) is 24.1 Å². The number of aromatic nitrogens is 5. The van der Waals surface area contributed by atoms with Gasteiger partial charge >= 0.3 is 0 Å². The summed E-state index contributed by atoms with van der Waals surface area (Å²) in [4.78, 5) is 15.2. The van der Waals surface area contributed by atoms with E-state index in [1.54, 1.807) is 12.1 Å². The van der Waals surface area contributed by atoms with Gasteiger partial charge in [0.1, 0.15) is 5.82 Å². The normalized spacial score (nSPS) is 14.5. The second-order valence-corrected chi connectivity index (χ2v) is 17.0. The Bertz CT molecular complexity index is 3260. The van der Waals surface area contributed by atoms with E-state index in [2.05, 4.69) is 134 Å². The van der Waals surface area contributed by atoms with Crippen LogP contribution in [0.25, 0.3) is 89.2 Å². The van der Waals surface area contributed by atoms with Crippen molar-refractivity contribution >= 4 is 43.6 Å². The van der Waals surface area contributed by atoms with Crippen molar-refractivity contribution in [3.8, 4) is 45.5 Å². The maximum absolute atomic E-state index is 15.6. The molecular weight excluding hydrogens is 714 g/mol. The molecule has 0 saturated carbocycles. The first-order valence-corrected chi connectivity index (χ1v) is 19.9. The Morgan fingerprint density at radius 2 is 1.02 bits per heavy atom. The van der Waals surface area contributed by atoms with Crippen molar-refractivity contribution in [3.05, 3.63) is 175 Å². The molecule has 0 bridgehead atoms. The first-order chi connectivity index (χ1) is 28.1. The van der Waals surface area contributed by atoms with Gasteiger partial charge in [0.2, 0.25) is 5.95 Å². The highest BCUT2D eigenvalue weighted by Crippen LogP contribution is 2.50. The van der Waals surface area contributed by atoms with Crippen LogP contribution in [0.4, 0.5) is 4.39 Å². The summed E-state index contributed by atoms with van der Waals surface area (Å²) in [6, 6.07) is 53.9. The molecule has 6 heteroatoms. The fraction of sp³-hybridized carbons (Fsp3) is 0.135. The van der Waals surface area contributed by atoms with Gasteiger partial charge in [0.05, 0.1) is 27.6 Å². The SMILES string of the molecule is CC1(C)CC(C)(C)c2cc(-n3c4ccccc4c4cc5c6ccccc6n(-c6nc(-c7ccc(-c8ccccc8)cc7)nc(-c7ccccc7F)n6)c5cc43)ccc21. The van der Waals surface area contributed by atoms with Gasteiger partial charge in [0.15, 0.2) is 11.6 Å². The van der Waals surface area contributed by atoms with Gasteiger partial charge in [0.25, 0.3) is 0 Å². The fourth-order valence-corrected chi connectivity index (χ4v) is 9.84. The minimum atomic E-state index is -0.389. The van der Waals surface area contributed by atoms with E-state index < -0.39 is 0 Å². The highest BCUT2D eigenvalue weighted by Gasteiger charge is 2.42. The van der Waals surface area contributed by atoms with Crippen LogP contribution < -0.4 is 0 Å². The second-order valence-electron chi connectivity index (χ2n) is 17.0. The van der Waals surface area contributed by atoms with E-state index in [9.17, 15) is 0 Å². The molecule has 3 aromatic heterocycles. The van der Waals surface area contributed by atoms with Crippen molar-refractivity contribution in [3.63, 3.8) is 0 Å². The molecule has 58 heavy (non-hydrogen) atoms. The summed E-state index contributed by atoms with van der Waals surface area (Å²) >= 11 is 0. The Morgan fingerprint density at radius 1 is 0.448 bits per heavy atom. The highest BCUT2D eigenvalue weighted by atomic mass is 19.1. The van der Waals surface area contributed by atoms with E-state index in [0.29, 0.717) is 17.3 Å². The van der Waals surface area contributed by atoms with Gasteiger partial charge in [-0.15, -0.1) is 0 Å². The molecule has 0 atom stereocenters. The zero-order valence-electron chi connectivity index (χ0n) is 32.8. The standard InChI is InChI=1S/C52H40FN5/c1-51(2)31-52(3,4)42-28-35(26-27-41(42)51)57-44-20-12-9-16-36(44)39-29-40-37-17-10-13-21-45(37)58(47(40)30-46(39)57)50-55-48(54-49(56-50)38-18-8-11-19-43(38)53)34-24-22-33(23-25-34)32-14-6-5-7-15-32/h5-30H,31H2,1-4H3. The summed E-state index contributed by atoms with van der Waals surface area (Å²) in [6.07, 6.45) is 1.10. The van der Waals surface area contributed by atoms with Crippen LogP contribution in [0.1, 0.15) is 45.2 Å². The Balaban J connectivity index is 1.18. The summed E-state index contributed by atoms with van der Waals surface area (Å²) in [5, 5.41) is 4.54. The van der Waals surface area contributed by atoms with Crippen molar-refractivity contribution in [1.29, 1.82) is 0 Å². The number of rotatable bonds is 5. The summed E-state index contributed by atoms with van der Waals surface area (Å²) in [7, 11) is 0. The van der Waals surface area contributed by atoms with Gasteiger partial charge in [-0.05, 0) is 88.0 Å². The molecule has 0 amide bonds. The van der Waals surface area contributed by atoms with Gasteiger partial charge in [-0.3, -0.25) is 4.57 Å². The van der Waals surface area contributed by atoms with Crippen molar-refractivity contribution in [2.45, 2.75) is 44.9 Å². The molecule has 1 aliphatic rings. The fourth-order valence-electron chi connectivity index (χ4n) is 9.84. The third-order valence-electron chi connectivity index (χ3n) is 12.3. The first-order valence-electron chi connectivity index (χ1n) is 19.9. The number of fused-ring (bicyclic) bond motifs is 7. The predicted octanol–water partition coefficient (Wildman–Crippen LogP) is 13.2. The van der Waals surface area contributed by atoms with Crippen molar-refractivity contribution < 1.29 is 4.39 Å². The van der Waals surface area contributed by atoms with E-state index in [-0.39, 0.29) is 22.5 Å². The van der Waals surface area contributed by atoms with Crippen LogP contribution in [0.2, 0.25) is 0 Å². The lowest BCUT2D eigenvalue weighted by Crippen LogP contribution is -2.18. The molecule has 10 aromatic rings. The zero-order valence-corrected chi connectivity index (χ0v) is 32.8. The quantitative estimate of drug-likeness (QED) is 0.176. The Hall–Kier alpha value is -6.92. The Morgan fingerprint density at radius 3 is 1.74 bits per heavy atom. The minimum absolute atomic E-state index is 0.0570. The molecule has 5 nitrogen and oxygen atoms in total. The molecule has 3 heterocycles. The zero-order chi connectivity index (χ0) is 39.3. The molecular formula is C52H40FN5. The smallest absolute Gasteiger partial charge is 0.238 e. The maximum Gasteiger partial charge on any atom is 0.238 e. The van der Waals surface area contributed by atoms with Gasteiger partial charge in [-0.25, -0.2) is 9.37 Å². The molecule has 0 fully saturated rings. The minimum Gasteiger partial charge on any atom is -0.309 e. The molecule has 0 unspecified atom stereocenters. The Kier molecular flexibility index (Phi) is 7.42. The van der Waals surface area contributed by atoms with Gasteiger partial charge in [-0.1, -0.05) is 137 Å². The van der Waals surface area contributed by atoms with Crippen LogP contribution in [0.15, 0.2) is 158 Å². The summed E-state index contributed by atoms with van der Waals surface area (Å²) in [6.45, 7) is 9.46. The van der Waals surface area contributed by atoms with E-state index in [1.807, 2.05) is 42.5 Å². The van der Waals surface area contributed by atoms with Crippen molar-refractivity contribution in [1.82, 2.24) is 24.1 Å².